The van der Waals surface area contributed by atoms with Crippen molar-refractivity contribution in [3.63, 3.8) is 0 Å². The van der Waals surface area contributed by atoms with Crippen LogP contribution in [0.2, 0.25) is 0 Å². The molecule has 0 amide bonds. The molecule has 2 aliphatic rings. The van der Waals surface area contributed by atoms with Gasteiger partial charge in [-0.05, 0) is 31.6 Å². The normalized spacial score (nSPS) is 26.0. The monoisotopic (exact) mass is 196 g/mol. The van der Waals surface area contributed by atoms with E-state index < -0.39 is 5.97 Å². The second-order valence-electron chi connectivity index (χ2n) is 5.13. The average molecular weight is 196 g/mol. The van der Waals surface area contributed by atoms with E-state index in [2.05, 4.69) is 0 Å². The Hall–Kier alpha value is -0.530. The van der Waals surface area contributed by atoms with Gasteiger partial charge in [0.05, 0.1) is 5.41 Å². The van der Waals surface area contributed by atoms with Crippen molar-refractivity contribution in [2.45, 2.75) is 57.8 Å². The molecule has 0 bridgehead atoms. The summed E-state index contributed by atoms with van der Waals surface area (Å²) < 4.78 is 0. The largest absolute Gasteiger partial charge is 0.481 e. The van der Waals surface area contributed by atoms with Crippen molar-refractivity contribution < 1.29 is 9.90 Å². The van der Waals surface area contributed by atoms with Crippen LogP contribution >= 0.6 is 0 Å². The molecule has 0 aromatic rings. The van der Waals surface area contributed by atoms with Gasteiger partial charge in [-0.15, -0.1) is 0 Å². The topological polar surface area (TPSA) is 37.3 Å². The predicted octanol–water partition coefficient (Wildman–Crippen LogP) is 3.21. The van der Waals surface area contributed by atoms with Gasteiger partial charge >= 0.3 is 5.97 Å². The molecule has 0 aromatic heterocycles. The van der Waals surface area contributed by atoms with E-state index in [0.717, 1.165) is 44.4 Å². The molecule has 0 heterocycles. The molecule has 0 atom stereocenters. The van der Waals surface area contributed by atoms with E-state index in [9.17, 15) is 9.90 Å². The third kappa shape index (κ3) is 2.10. The predicted molar refractivity (Wildman–Crippen MR) is 55.1 cm³/mol. The second-order valence-corrected chi connectivity index (χ2v) is 5.13. The van der Waals surface area contributed by atoms with Gasteiger partial charge in [-0.2, -0.15) is 0 Å². The minimum atomic E-state index is -0.530. The fourth-order valence-electron chi connectivity index (χ4n) is 2.69. The highest BCUT2D eigenvalue weighted by Gasteiger charge is 2.40. The lowest BCUT2D eigenvalue weighted by atomic mass is 9.71. The molecule has 2 saturated carbocycles. The fraction of sp³-hybridized carbons (Fsp3) is 0.917. The number of aliphatic carboxylic acids is 1. The minimum Gasteiger partial charge on any atom is -0.481 e. The highest BCUT2D eigenvalue weighted by molar-refractivity contribution is 5.74. The summed E-state index contributed by atoms with van der Waals surface area (Å²) in [5, 5.41) is 9.32. The highest BCUT2D eigenvalue weighted by atomic mass is 16.4. The molecule has 2 nitrogen and oxygen atoms in total. The van der Waals surface area contributed by atoms with Crippen molar-refractivity contribution in [1.29, 1.82) is 0 Å². The first kappa shape index (κ1) is 10.0. The summed E-state index contributed by atoms with van der Waals surface area (Å²) in [5.41, 5.74) is -0.332. The maximum absolute atomic E-state index is 11.3. The van der Waals surface area contributed by atoms with E-state index >= 15 is 0 Å². The van der Waals surface area contributed by atoms with Crippen molar-refractivity contribution in [1.82, 2.24) is 0 Å². The molecule has 14 heavy (non-hydrogen) atoms. The van der Waals surface area contributed by atoms with Gasteiger partial charge in [-0.3, -0.25) is 4.79 Å². The first-order chi connectivity index (χ1) is 6.73. The smallest absolute Gasteiger partial charge is 0.309 e. The van der Waals surface area contributed by atoms with Gasteiger partial charge in [-0.25, -0.2) is 0 Å². The summed E-state index contributed by atoms with van der Waals surface area (Å²) in [6.45, 7) is 0. The van der Waals surface area contributed by atoms with Crippen molar-refractivity contribution >= 4 is 5.97 Å². The summed E-state index contributed by atoms with van der Waals surface area (Å²) in [6.07, 6.45) is 10.1. The van der Waals surface area contributed by atoms with Crippen LogP contribution in [0.3, 0.4) is 0 Å². The van der Waals surface area contributed by atoms with Crippen molar-refractivity contribution in [2.75, 3.05) is 0 Å². The molecule has 0 aliphatic heterocycles. The van der Waals surface area contributed by atoms with E-state index in [4.69, 9.17) is 0 Å². The molecule has 80 valence electrons. The third-order valence-electron chi connectivity index (χ3n) is 3.99. The SMILES string of the molecule is O=C(O)C1(CCC2CC2)CCCCC1. The Morgan fingerprint density at radius 3 is 2.36 bits per heavy atom. The zero-order valence-corrected chi connectivity index (χ0v) is 8.80. The van der Waals surface area contributed by atoms with Gasteiger partial charge in [0.1, 0.15) is 0 Å². The first-order valence-electron chi connectivity index (χ1n) is 5.96. The van der Waals surface area contributed by atoms with Gasteiger partial charge in [0.25, 0.3) is 0 Å². The Morgan fingerprint density at radius 1 is 1.21 bits per heavy atom. The van der Waals surface area contributed by atoms with E-state index in [1.165, 1.54) is 19.3 Å². The highest BCUT2D eigenvalue weighted by Crippen LogP contribution is 2.44. The maximum Gasteiger partial charge on any atom is 0.309 e. The number of rotatable bonds is 4. The van der Waals surface area contributed by atoms with Crippen LogP contribution in [0.4, 0.5) is 0 Å². The fourth-order valence-corrected chi connectivity index (χ4v) is 2.69. The van der Waals surface area contributed by atoms with Crippen molar-refractivity contribution in [3.05, 3.63) is 0 Å². The standard InChI is InChI=1S/C12H20O2/c13-11(14)12(7-2-1-3-8-12)9-6-10-4-5-10/h10H,1-9H2,(H,13,14). The Labute approximate surface area is 85.7 Å². The molecule has 1 N–H and O–H groups in total. The van der Waals surface area contributed by atoms with Crippen LogP contribution in [0.15, 0.2) is 0 Å². The summed E-state index contributed by atoms with van der Waals surface area (Å²) in [7, 11) is 0. The van der Waals surface area contributed by atoms with Crippen molar-refractivity contribution in [3.8, 4) is 0 Å². The van der Waals surface area contributed by atoms with E-state index in [0.29, 0.717) is 0 Å². The lowest BCUT2D eigenvalue weighted by molar-refractivity contribution is -0.151. The quantitative estimate of drug-likeness (QED) is 0.749. The Balaban J connectivity index is 1.92. The van der Waals surface area contributed by atoms with Crippen molar-refractivity contribution in [2.24, 2.45) is 11.3 Å². The number of carboxylic acid groups (broad SMARTS) is 1. The molecule has 0 unspecified atom stereocenters. The lowest BCUT2D eigenvalue weighted by Gasteiger charge is -2.33. The zero-order chi connectivity index (χ0) is 10.0. The van der Waals surface area contributed by atoms with Gasteiger partial charge in [0, 0.05) is 0 Å². The third-order valence-corrected chi connectivity index (χ3v) is 3.99. The van der Waals surface area contributed by atoms with Crippen LogP contribution < -0.4 is 0 Å². The Morgan fingerprint density at radius 2 is 1.86 bits per heavy atom. The van der Waals surface area contributed by atoms with E-state index in [-0.39, 0.29) is 5.41 Å². The Kier molecular flexibility index (Phi) is 2.80. The van der Waals surface area contributed by atoms with Crippen LogP contribution in [0.5, 0.6) is 0 Å². The van der Waals surface area contributed by atoms with Crippen LogP contribution in [0.25, 0.3) is 0 Å². The van der Waals surface area contributed by atoms with Crippen LogP contribution in [0.1, 0.15) is 57.8 Å². The van der Waals surface area contributed by atoms with Gasteiger partial charge in [-0.1, -0.05) is 32.1 Å². The molecule has 0 radical (unpaired) electrons. The van der Waals surface area contributed by atoms with Gasteiger partial charge in [0.2, 0.25) is 0 Å². The molecule has 0 spiro atoms. The number of carboxylic acids is 1. The average Bonchev–Trinajstić information content (AvgIpc) is 2.99. The van der Waals surface area contributed by atoms with E-state index in [1.54, 1.807) is 0 Å². The molecule has 2 aliphatic carbocycles. The molecule has 2 rings (SSSR count). The first-order valence-corrected chi connectivity index (χ1v) is 5.96. The molecule has 2 heteroatoms. The molecular weight excluding hydrogens is 176 g/mol. The molecule has 0 aromatic carbocycles. The summed E-state index contributed by atoms with van der Waals surface area (Å²) >= 11 is 0. The zero-order valence-electron chi connectivity index (χ0n) is 8.80. The Bertz CT molecular complexity index is 212. The number of carbonyl (C=O) groups is 1. The van der Waals surface area contributed by atoms with E-state index in [1.807, 2.05) is 0 Å². The lowest BCUT2D eigenvalue weighted by Crippen LogP contribution is -2.33. The van der Waals surface area contributed by atoms with Crippen LogP contribution in [-0.4, -0.2) is 11.1 Å². The number of hydrogen-bond acceptors (Lipinski definition) is 1. The van der Waals surface area contributed by atoms with Crippen LogP contribution in [0, 0.1) is 11.3 Å². The van der Waals surface area contributed by atoms with Gasteiger partial charge in [0.15, 0.2) is 0 Å². The molecular formula is C12H20O2. The minimum absolute atomic E-state index is 0.332. The number of hydrogen-bond donors (Lipinski definition) is 1. The summed E-state index contributed by atoms with van der Waals surface area (Å²) in [4.78, 5) is 11.3. The summed E-state index contributed by atoms with van der Waals surface area (Å²) in [5.74, 6) is 0.339. The maximum atomic E-state index is 11.3. The van der Waals surface area contributed by atoms with Crippen LogP contribution in [-0.2, 0) is 4.79 Å². The second kappa shape index (κ2) is 3.92. The van der Waals surface area contributed by atoms with Gasteiger partial charge < -0.3 is 5.11 Å². The molecule has 0 saturated heterocycles. The summed E-state index contributed by atoms with van der Waals surface area (Å²) in [6, 6.07) is 0. The molecule has 2 fully saturated rings.